The lowest BCUT2D eigenvalue weighted by Crippen LogP contribution is -2.30. The van der Waals surface area contributed by atoms with Crippen LogP contribution in [0.5, 0.6) is 0 Å². The molecule has 0 aromatic heterocycles. The number of carbonyl (C=O) groups excluding carboxylic acids is 4. The monoisotopic (exact) mass is 1490 g/mol. The van der Waals surface area contributed by atoms with Crippen LogP contribution in [-0.2, 0) is 65.4 Å². The fraction of sp³-hybridized carbons (Fsp3) is 0.952. The van der Waals surface area contributed by atoms with E-state index in [2.05, 4.69) is 41.5 Å². The lowest BCUT2D eigenvalue weighted by molar-refractivity contribution is -0.161. The highest BCUT2D eigenvalue weighted by atomic mass is 31.2. The van der Waals surface area contributed by atoms with Crippen LogP contribution in [0, 0.1) is 11.8 Å². The van der Waals surface area contributed by atoms with E-state index in [4.69, 9.17) is 37.0 Å². The van der Waals surface area contributed by atoms with E-state index in [1.807, 2.05) is 0 Å². The standard InChI is InChI=1S/C83H162O17P2/c1-7-10-12-14-16-18-20-21-22-23-24-25-26-27-32-37-43-49-55-61-67-82(87)99-79(72-94-81(86)66-60-54-48-42-36-31-29-28-30-35-40-46-52-58-64-76(6)9-3)74-98-102(91,92)96-70-77(84)69-95-101(89,90)97-73-78(71-93-80(85)65-59-53-47-41-19-17-15-13-11-8-2)100-83(88)68-62-56-50-44-38-33-34-39-45-51-57-63-75(4)5/h75-79,84H,7-74H2,1-6H3,(H,89,90)(H,91,92)/t76?,77-,78+,79+/m0/s1. The molecule has 3 unspecified atom stereocenters. The normalized spacial score (nSPS) is 14.1. The van der Waals surface area contributed by atoms with Gasteiger partial charge in [0, 0.05) is 25.7 Å². The Morgan fingerprint density at radius 2 is 0.500 bits per heavy atom. The van der Waals surface area contributed by atoms with Gasteiger partial charge < -0.3 is 33.8 Å². The van der Waals surface area contributed by atoms with Crippen molar-refractivity contribution in [3.8, 4) is 0 Å². The molecule has 0 aliphatic rings. The molecule has 0 heterocycles. The summed E-state index contributed by atoms with van der Waals surface area (Å²) in [5.41, 5.74) is 0. The molecule has 0 aliphatic carbocycles. The zero-order chi connectivity index (χ0) is 74.9. The second-order valence-electron chi connectivity index (χ2n) is 30.6. The molecule has 17 nitrogen and oxygen atoms in total. The van der Waals surface area contributed by atoms with Crippen molar-refractivity contribution >= 4 is 39.5 Å². The van der Waals surface area contributed by atoms with Crippen LogP contribution in [0.4, 0.5) is 0 Å². The van der Waals surface area contributed by atoms with Gasteiger partial charge in [0.25, 0.3) is 0 Å². The van der Waals surface area contributed by atoms with E-state index in [9.17, 15) is 43.2 Å². The van der Waals surface area contributed by atoms with Crippen molar-refractivity contribution in [1.29, 1.82) is 0 Å². The maximum Gasteiger partial charge on any atom is 0.472 e. The largest absolute Gasteiger partial charge is 0.472 e. The van der Waals surface area contributed by atoms with Gasteiger partial charge in [-0.2, -0.15) is 0 Å². The predicted molar refractivity (Wildman–Crippen MR) is 418 cm³/mol. The third-order valence-electron chi connectivity index (χ3n) is 19.8. The van der Waals surface area contributed by atoms with Gasteiger partial charge in [-0.1, -0.05) is 388 Å². The molecule has 0 bridgehead atoms. The van der Waals surface area contributed by atoms with Gasteiger partial charge in [-0.25, -0.2) is 9.13 Å². The molecule has 0 spiro atoms. The van der Waals surface area contributed by atoms with Crippen molar-refractivity contribution in [3.63, 3.8) is 0 Å². The van der Waals surface area contributed by atoms with E-state index in [1.54, 1.807) is 0 Å². The van der Waals surface area contributed by atoms with E-state index >= 15 is 0 Å². The molecule has 0 aromatic carbocycles. The van der Waals surface area contributed by atoms with Gasteiger partial charge in [0.05, 0.1) is 26.4 Å². The summed E-state index contributed by atoms with van der Waals surface area (Å²) in [5, 5.41) is 10.7. The molecule has 0 saturated heterocycles. The number of ether oxygens (including phenoxy) is 4. The summed E-state index contributed by atoms with van der Waals surface area (Å²) in [5.74, 6) is -0.491. The molecular formula is C83H162O17P2. The van der Waals surface area contributed by atoms with Gasteiger partial charge in [-0.3, -0.25) is 37.3 Å². The van der Waals surface area contributed by atoms with Crippen molar-refractivity contribution in [3.05, 3.63) is 0 Å². The van der Waals surface area contributed by atoms with Crippen LogP contribution in [0.15, 0.2) is 0 Å². The number of hydrogen-bond donors (Lipinski definition) is 3. The lowest BCUT2D eigenvalue weighted by atomic mass is 9.99. The van der Waals surface area contributed by atoms with Crippen LogP contribution in [0.3, 0.4) is 0 Å². The quantitative estimate of drug-likeness (QED) is 0.0222. The fourth-order valence-corrected chi connectivity index (χ4v) is 14.4. The highest BCUT2D eigenvalue weighted by Gasteiger charge is 2.30. The first-order chi connectivity index (χ1) is 49.4. The molecule has 3 N–H and O–H groups in total. The summed E-state index contributed by atoms with van der Waals surface area (Å²) in [4.78, 5) is 73.1. The van der Waals surface area contributed by atoms with Crippen LogP contribution in [-0.4, -0.2) is 96.7 Å². The summed E-state index contributed by atoms with van der Waals surface area (Å²) >= 11 is 0. The smallest absolute Gasteiger partial charge is 0.462 e. The van der Waals surface area contributed by atoms with Crippen LogP contribution in [0.25, 0.3) is 0 Å². The molecule has 19 heteroatoms. The van der Waals surface area contributed by atoms with Crippen molar-refractivity contribution in [2.24, 2.45) is 11.8 Å². The van der Waals surface area contributed by atoms with Crippen molar-refractivity contribution in [2.75, 3.05) is 39.6 Å². The number of esters is 4. The summed E-state index contributed by atoms with van der Waals surface area (Å²) in [6, 6.07) is 0. The topological polar surface area (TPSA) is 237 Å². The maximum atomic E-state index is 13.1. The number of carbonyl (C=O) groups is 4. The highest BCUT2D eigenvalue weighted by molar-refractivity contribution is 7.47. The Morgan fingerprint density at radius 1 is 0.284 bits per heavy atom. The number of aliphatic hydroxyl groups is 1. The third-order valence-corrected chi connectivity index (χ3v) is 21.7. The average molecular weight is 1490 g/mol. The Morgan fingerprint density at radius 3 is 0.745 bits per heavy atom. The summed E-state index contributed by atoms with van der Waals surface area (Å²) in [6.07, 6.45) is 65.2. The van der Waals surface area contributed by atoms with Crippen LogP contribution < -0.4 is 0 Å². The number of hydrogen-bond acceptors (Lipinski definition) is 15. The van der Waals surface area contributed by atoms with Gasteiger partial charge in [-0.05, 0) is 37.5 Å². The summed E-state index contributed by atoms with van der Waals surface area (Å²) in [6.45, 7) is 9.70. The Labute approximate surface area is 626 Å². The molecule has 0 aromatic rings. The minimum Gasteiger partial charge on any atom is -0.462 e. The van der Waals surface area contributed by atoms with E-state index in [-0.39, 0.29) is 25.7 Å². The van der Waals surface area contributed by atoms with Gasteiger partial charge in [0.15, 0.2) is 12.2 Å². The first kappa shape index (κ1) is 100. The number of phosphoric acid groups is 2. The van der Waals surface area contributed by atoms with E-state index in [0.29, 0.717) is 25.7 Å². The van der Waals surface area contributed by atoms with Crippen LogP contribution in [0.1, 0.15) is 440 Å². The van der Waals surface area contributed by atoms with Gasteiger partial charge in [-0.15, -0.1) is 0 Å². The maximum absolute atomic E-state index is 13.1. The molecular weight excluding hydrogens is 1330 g/mol. The van der Waals surface area contributed by atoms with Crippen molar-refractivity contribution in [1.82, 2.24) is 0 Å². The molecule has 0 rings (SSSR count). The minimum atomic E-state index is -4.96. The number of rotatable bonds is 82. The van der Waals surface area contributed by atoms with Gasteiger partial charge in [0.1, 0.15) is 19.3 Å². The average Bonchev–Trinajstić information content (AvgIpc) is 1.06. The second kappa shape index (κ2) is 74.5. The third kappa shape index (κ3) is 74.9. The van der Waals surface area contributed by atoms with Crippen LogP contribution >= 0.6 is 15.6 Å². The second-order valence-corrected chi connectivity index (χ2v) is 33.5. The molecule has 0 saturated carbocycles. The first-order valence-electron chi connectivity index (χ1n) is 43.0. The number of unbranched alkanes of at least 4 members (excludes halogenated alkanes) is 51. The highest BCUT2D eigenvalue weighted by Crippen LogP contribution is 2.45. The van der Waals surface area contributed by atoms with Crippen molar-refractivity contribution < 1.29 is 80.2 Å². The van der Waals surface area contributed by atoms with E-state index in [0.717, 1.165) is 102 Å². The minimum absolute atomic E-state index is 0.107. The van der Waals surface area contributed by atoms with Gasteiger partial charge in [0.2, 0.25) is 0 Å². The van der Waals surface area contributed by atoms with Crippen LogP contribution in [0.2, 0.25) is 0 Å². The van der Waals surface area contributed by atoms with E-state index in [1.165, 1.54) is 257 Å². The molecule has 0 radical (unpaired) electrons. The molecule has 6 atom stereocenters. The Balaban J connectivity index is 5.23. The molecule has 0 fully saturated rings. The number of aliphatic hydroxyl groups excluding tert-OH is 1. The Hall–Kier alpha value is -1.94. The molecule has 0 aliphatic heterocycles. The van der Waals surface area contributed by atoms with E-state index < -0.39 is 97.5 Å². The molecule has 102 heavy (non-hydrogen) atoms. The predicted octanol–water partition coefficient (Wildman–Crippen LogP) is 25.1. The van der Waals surface area contributed by atoms with Crippen molar-refractivity contribution in [2.45, 2.75) is 458 Å². The first-order valence-corrected chi connectivity index (χ1v) is 46.0. The molecule has 606 valence electrons. The Kier molecular flexibility index (Phi) is 73.1. The molecule has 0 amide bonds. The fourth-order valence-electron chi connectivity index (χ4n) is 12.9. The SMILES string of the molecule is CCCCCCCCCCCCCCCCCCCCCCC(=O)O[C@H](COC(=O)CCCCCCCCCCCCCCCCC(C)CC)COP(=O)(O)OC[C@@H](O)COP(=O)(O)OC[C@@H](COC(=O)CCCCCCCCCCCC)OC(=O)CCCCCCCCCCCCCC(C)C. The van der Waals surface area contributed by atoms with Gasteiger partial charge >= 0.3 is 39.5 Å². The lowest BCUT2D eigenvalue weighted by Gasteiger charge is -2.21. The number of phosphoric ester groups is 2. The summed E-state index contributed by atoms with van der Waals surface area (Å²) in [7, 11) is -9.92. The summed E-state index contributed by atoms with van der Waals surface area (Å²) < 4.78 is 68.8. The zero-order valence-corrected chi connectivity index (χ0v) is 68.7. The zero-order valence-electron chi connectivity index (χ0n) is 66.9. The Bertz CT molecular complexity index is 1960.